The van der Waals surface area contributed by atoms with Gasteiger partial charge in [0.25, 0.3) is 0 Å². The van der Waals surface area contributed by atoms with E-state index in [1.807, 2.05) is 4.90 Å². The molecule has 0 radical (unpaired) electrons. The fourth-order valence-electron chi connectivity index (χ4n) is 3.31. The van der Waals surface area contributed by atoms with E-state index in [1.54, 1.807) is 24.7 Å². The molecular weight excluding hydrogens is 271 g/mol. The van der Waals surface area contributed by atoms with E-state index in [0.717, 1.165) is 11.8 Å². The van der Waals surface area contributed by atoms with Crippen molar-refractivity contribution in [3.05, 3.63) is 24.7 Å². The molecule has 0 saturated carbocycles. The monoisotopic (exact) mass is 290 g/mol. The summed E-state index contributed by atoms with van der Waals surface area (Å²) in [4.78, 5) is 14.2. The van der Waals surface area contributed by atoms with Crippen molar-refractivity contribution < 1.29 is 11.9 Å². The van der Waals surface area contributed by atoms with Crippen molar-refractivity contribution in [2.24, 2.45) is 0 Å². The highest BCUT2D eigenvalue weighted by molar-refractivity contribution is 5.76. The number of aromatic nitrogens is 3. The summed E-state index contributed by atoms with van der Waals surface area (Å²) in [7, 11) is 0. The first kappa shape index (κ1) is 10.8. The number of alkyl halides is 1. The largest absolute Gasteiger partial charge is 0.461 e. The molecule has 21 heavy (non-hydrogen) atoms. The van der Waals surface area contributed by atoms with E-state index in [4.69, 9.17) is 7.48 Å². The number of rotatable bonds is 3. The fraction of sp³-hybridized carbons (Fsp3) is 0.533. The Kier molecular flexibility index (Phi) is 2.52. The number of hydrogen-bond donors (Lipinski definition) is 0. The van der Waals surface area contributed by atoms with Crippen molar-refractivity contribution in [1.29, 1.82) is 0 Å². The van der Waals surface area contributed by atoms with Gasteiger partial charge in [0.15, 0.2) is 0 Å². The minimum Gasteiger partial charge on any atom is -0.461 e. The maximum atomic E-state index is 13.9. The molecule has 4 heterocycles. The molecule has 2 atom stereocenters. The lowest BCUT2D eigenvalue weighted by Gasteiger charge is -2.30. The highest BCUT2D eigenvalue weighted by Gasteiger charge is 2.49. The molecule has 2 saturated heterocycles. The van der Waals surface area contributed by atoms with Crippen LogP contribution in [0.15, 0.2) is 24.7 Å². The molecule has 0 unspecified atom stereocenters. The van der Waals surface area contributed by atoms with Crippen molar-refractivity contribution >= 4 is 10.9 Å². The van der Waals surface area contributed by atoms with Gasteiger partial charge in [-0.15, -0.1) is 0 Å². The molecule has 0 amide bonds. The third-order valence-electron chi connectivity index (χ3n) is 4.29. The van der Waals surface area contributed by atoms with Crippen LogP contribution in [0.3, 0.4) is 0 Å². The van der Waals surface area contributed by atoms with Crippen LogP contribution >= 0.6 is 0 Å². The second-order valence-corrected chi connectivity index (χ2v) is 5.67. The maximum absolute atomic E-state index is 13.9. The summed E-state index contributed by atoms with van der Waals surface area (Å²) in [5, 5.41) is 0.755. The molecule has 2 aromatic heterocycles. The number of halogens is 1. The van der Waals surface area contributed by atoms with Crippen LogP contribution in [0.4, 0.5) is 4.39 Å². The molecule has 0 aliphatic carbocycles. The van der Waals surface area contributed by atoms with Gasteiger partial charge in [-0.2, -0.15) is 4.98 Å². The Hall–Kier alpha value is -1.82. The molecule has 6 heteroatoms. The van der Waals surface area contributed by atoms with Gasteiger partial charge < -0.3 is 4.74 Å². The number of nitrogens with zero attached hydrogens (tertiary/aromatic N) is 4. The van der Waals surface area contributed by atoms with Gasteiger partial charge in [0, 0.05) is 36.9 Å². The zero-order valence-corrected chi connectivity index (χ0v) is 11.5. The summed E-state index contributed by atoms with van der Waals surface area (Å²) in [5.41, 5.74) is -0.292. The van der Waals surface area contributed by atoms with E-state index in [0.29, 0.717) is 18.5 Å². The standard InChI is InChI=1S/C15H17FN4O/c16-12-6-15(3-1-5-20(15)9-12)10-21-14-18-8-11-7-17-4-2-13(11)19-14/h2,4,7-8,12H,1,3,5-6,9-10H2/t12-,15+/m1/s1/i10D2. The van der Waals surface area contributed by atoms with Gasteiger partial charge in [0.2, 0.25) is 0 Å². The fourth-order valence-corrected chi connectivity index (χ4v) is 3.31. The Morgan fingerprint density at radius 2 is 2.48 bits per heavy atom. The Labute approximate surface area is 125 Å². The molecule has 2 aromatic rings. The van der Waals surface area contributed by atoms with Crippen LogP contribution in [0, 0.1) is 0 Å². The van der Waals surface area contributed by atoms with Gasteiger partial charge in [0.1, 0.15) is 12.7 Å². The first-order valence-electron chi connectivity index (χ1n) is 8.15. The molecule has 0 N–H and O–H groups in total. The number of pyridine rings is 1. The SMILES string of the molecule is [2H]C([2H])(Oc1ncc2cnccc2n1)[C@@]12CCCN1C[C@H](F)C2. The summed E-state index contributed by atoms with van der Waals surface area (Å²) in [6.45, 7) is -1.08. The Morgan fingerprint density at radius 3 is 3.43 bits per heavy atom. The van der Waals surface area contributed by atoms with Gasteiger partial charge >= 0.3 is 6.01 Å². The normalized spacial score (nSPS) is 31.0. The first-order valence-corrected chi connectivity index (χ1v) is 7.15. The predicted octanol–water partition coefficient (Wildman–Crippen LogP) is 1.98. The Balaban J connectivity index is 1.65. The zero-order chi connectivity index (χ0) is 16.1. The maximum Gasteiger partial charge on any atom is 0.316 e. The van der Waals surface area contributed by atoms with Crippen LogP contribution in [0.25, 0.3) is 10.9 Å². The topological polar surface area (TPSA) is 51.1 Å². The highest BCUT2D eigenvalue weighted by atomic mass is 19.1. The van der Waals surface area contributed by atoms with E-state index in [-0.39, 0.29) is 19.0 Å². The number of fused-ring (bicyclic) bond motifs is 2. The van der Waals surface area contributed by atoms with Crippen molar-refractivity contribution in [3.63, 3.8) is 0 Å². The van der Waals surface area contributed by atoms with E-state index in [2.05, 4.69) is 15.0 Å². The average molecular weight is 290 g/mol. The van der Waals surface area contributed by atoms with Gasteiger partial charge in [-0.25, -0.2) is 9.37 Å². The summed E-state index contributed by atoms with van der Waals surface area (Å²) in [6, 6.07) is 1.68. The average Bonchev–Trinajstić information content (AvgIpc) is 3.04. The third-order valence-corrected chi connectivity index (χ3v) is 4.29. The van der Waals surface area contributed by atoms with Crippen molar-refractivity contribution in [1.82, 2.24) is 19.9 Å². The van der Waals surface area contributed by atoms with Crippen molar-refractivity contribution in [3.8, 4) is 6.01 Å². The molecule has 0 spiro atoms. The summed E-state index contributed by atoms with van der Waals surface area (Å²) in [5.74, 6) is 0. The molecule has 0 bridgehead atoms. The highest BCUT2D eigenvalue weighted by Crippen LogP contribution is 2.40. The van der Waals surface area contributed by atoms with Gasteiger partial charge in [-0.05, 0) is 25.5 Å². The van der Waals surface area contributed by atoms with E-state index in [9.17, 15) is 4.39 Å². The Bertz CT molecular complexity index is 746. The summed E-state index contributed by atoms with van der Waals surface area (Å²) >= 11 is 0. The Morgan fingerprint density at radius 1 is 1.52 bits per heavy atom. The van der Waals surface area contributed by atoms with Gasteiger partial charge in [-0.3, -0.25) is 9.88 Å². The number of hydrogen-bond acceptors (Lipinski definition) is 5. The lowest BCUT2D eigenvalue weighted by Crippen LogP contribution is -2.43. The summed E-state index contributed by atoms with van der Waals surface area (Å²) < 4.78 is 36.2. The molecule has 110 valence electrons. The predicted molar refractivity (Wildman–Crippen MR) is 75.9 cm³/mol. The molecule has 2 aliphatic heterocycles. The summed E-state index contributed by atoms with van der Waals surface area (Å²) in [6.07, 6.45) is 5.36. The van der Waals surface area contributed by atoms with Crippen LogP contribution in [0.2, 0.25) is 0 Å². The third kappa shape index (κ3) is 2.23. The van der Waals surface area contributed by atoms with Gasteiger partial charge in [-0.1, -0.05) is 0 Å². The molecule has 2 fully saturated rings. The van der Waals surface area contributed by atoms with E-state index < -0.39 is 18.3 Å². The zero-order valence-electron chi connectivity index (χ0n) is 13.5. The number of ether oxygens (including phenoxy) is 1. The van der Waals surface area contributed by atoms with Crippen LogP contribution in [-0.2, 0) is 0 Å². The van der Waals surface area contributed by atoms with Crippen molar-refractivity contribution in [2.75, 3.05) is 19.6 Å². The van der Waals surface area contributed by atoms with Crippen LogP contribution in [0.1, 0.15) is 22.0 Å². The molecule has 0 aromatic carbocycles. The van der Waals surface area contributed by atoms with Crippen LogP contribution < -0.4 is 4.74 Å². The van der Waals surface area contributed by atoms with Crippen LogP contribution in [-0.4, -0.2) is 51.2 Å². The second kappa shape index (κ2) is 4.87. The molecule has 2 aliphatic rings. The molecule has 5 nitrogen and oxygen atoms in total. The minimum absolute atomic E-state index is 0.0303. The van der Waals surface area contributed by atoms with Gasteiger partial charge in [0.05, 0.1) is 13.8 Å². The lowest BCUT2D eigenvalue weighted by atomic mass is 9.95. The van der Waals surface area contributed by atoms with E-state index in [1.165, 1.54) is 0 Å². The van der Waals surface area contributed by atoms with Crippen LogP contribution in [0.5, 0.6) is 6.01 Å². The molecular formula is C15H17FN4O. The quantitative estimate of drug-likeness (QED) is 0.865. The molecule has 4 rings (SSSR count). The first-order chi connectivity index (χ1) is 11.0. The lowest BCUT2D eigenvalue weighted by molar-refractivity contribution is 0.107. The van der Waals surface area contributed by atoms with Crippen molar-refractivity contribution in [2.45, 2.75) is 31.0 Å². The smallest absolute Gasteiger partial charge is 0.316 e. The minimum atomic E-state index is -2.05. The second-order valence-electron chi connectivity index (χ2n) is 5.67. The van der Waals surface area contributed by atoms with E-state index >= 15 is 0 Å².